The first-order valence-electron chi connectivity index (χ1n) is 10.1. The summed E-state index contributed by atoms with van der Waals surface area (Å²) in [6.45, 7) is 1.96. The summed E-state index contributed by atoms with van der Waals surface area (Å²) in [6.07, 6.45) is 0.471. The lowest BCUT2D eigenvalue weighted by atomic mass is 9.61. The highest BCUT2D eigenvalue weighted by molar-refractivity contribution is 9.10. The van der Waals surface area contributed by atoms with E-state index in [-0.39, 0.29) is 11.7 Å². The van der Waals surface area contributed by atoms with Crippen molar-refractivity contribution in [3.05, 3.63) is 106 Å². The van der Waals surface area contributed by atoms with Gasteiger partial charge in [0.2, 0.25) is 0 Å². The first-order chi connectivity index (χ1) is 15.1. The fraction of sp³-hybridized carbons (Fsp3) is 0.154. The predicted molar refractivity (Wildman–Crippen MR) is 120 cm³/mol. The molecule has 0 saturated carbocycles. The monoisotopic (exact) mass is 474 g/mol. The number of benzene rings is 3. The van der Waals surface area contributed by atoms with Crippen molar-refractivity contribution >= 4 is 33.6 Å². The molecular weight excluding hydrogens is 456 g/mol. The van der Waals surface area contributed by atoms with E-state index >= 15 is 0 Å². The molecule has 154 valence electrons. The zero-order valence-corrected chi connectivity index (χ0v) is 18.4. The molecule has 0 N–H and O–H groups in total. The third-order valence-corrected chi connectivity index (χ3v) is 6.72. The number of fused-ring (bicyclic) bond motifs is 3. The second-order valence-electron chi connectivity index (χ2n) is 7.69. The van der Waals surface area contributed by atoms with Gasteiger partial charge in [-0.15, -0.1) is 0 Å². The zero-order chi connectivity index (χ0) is 21.6. The summed E-state index contributed by atoms with van der Waals surface area (Å²) >= 11 is 3.43. The molecule has 5 rings (SSSR count). The average molecular weight is 475 g/mol. The van der Waals surface area contributed by atoms with E-state index in [4.69, 9.17) is 9.47 Å². The number of ether oxygens (including phenoxy) is 2. The third-order valence-electron chi connectivity index (χ3n) is 6.19. The largest absolute Gasteiger partial charge is 0.425 e. The van der Waals surface area contributed by atoms with Gasteiger partial charge in [0.1, 0.15) is 16.9 Å². The van der Waals surface area contributed by atoms with Gasteiger partial charge in [-0.2, -0.15) is 0 Å². The Bertz CT molecular complexity index is 1210. The highest BCUT2D eigenvalue weighted by Crippen LogP contribution is 2.56. The lowest BCUT2D eigenvalue weighted by molar-refractivity contribution is -0.147. The van der Waals surface area contributed by atoms with Gasteiger partial charge in [-0.3, -0.25) is 4.79 Å². The molecule has 5 heteroatoms. The summed E-state index contributed by atoms with van der Waals surface area (Å²) < 4.78 is 12.5. The van der Waals surface area contributed by atoms with Crippen molar-refractivity contribution in [3.63, 3.8) is 0 Å². The molecule has 4 nitrogen and oxygen atoms in total. The van der Waals surface area contributed by atoms with Gasteiger partial charge in [-0.25, -0.2) is 4.79 Å². The summed E-state index contributed by atoms with van der Waals surface area (Å²) in [4.78, 5) is 27.1. The van der Waals surface area contributed by atoms with Crippen LogP contribution in [-0.4, -0.2) is 11.9 Å². The molecule has 0 radical (unpaired) electrons. The summed E-state index contributed by atoms with van der Waals surface area (Å²) in [6, 6.07) is 24.4. The van der Waals surface area contributed by atoms with Gasteiger partial charge in [0, 0.05) is 21.5 Å². The van der Waals surface area contributed by atoms with Gasteiger partial charge in [0.25, 0.3) is 0 Å². The minimum Gasteiger partial charge on any atom is -0.425 e. The number of halogens is 1. The Morgan fingerprint density at radius 1 is 0.871 bits per heavy atom. The summed E-state index contributed by atoms with van der Waals surface area (Å²) in [5.41, 5.74) is 1.64. The molecule has 0 spiro atoms. The number of hydrogen-bond acceptors (Lipinski definition) is 4. The van der Waals surface area contributed by atoms with Crippen LogP contribution in [0.1, 0.15) is 36.0 Å². The van der Waals surface area contributed by atoms with Gasteiger partial charge in [-0.1, -0.05) is 83.5 Å². The van der Waals surface area contributed by atoms with Gasteiger partial charge in [-0.05, 0) is 30.2 Å². The molecular formula is C26H19BrO4. The molecule has 3 aromatic carbocycles. The predicted octanol–water partition coefficient (Wildman–Crippen LogP) is 5.77. The number of esters is 2. The topological polar surface area (TPSA) is 52.6 Å². The fourth-order valence-electron chi connectivity index (χ4n) is 4.72. The van der Waals surface area contributed by atoms with E-state index in [0.29, 0.717) is 23.3 Å². The van der Waals surface area contributed by atoms with Crippen molar-refractivity contribution in [2.45, 2.75) is 24.7 Å². The Labute approximate surface area is 188 Å². The Morgan fingerprint density at radius 2 is 1.55 bits per heavy atom. The van der Waals surface area contributed by atoms with E-state index < -0.39 is 17.3 Å². The molecule has 0 bridgehead atoms. The first-order valence-corrected chi connectivity index (χ1v) is 10.9. The number of cyclic esters (lactones) is 1. The molecule has 0 aliphatic carbocycles. The number of carbonyl (C=O) groups is 2. The highest BCUT2D eigenvalue weighted by atomic mass is 79.9. The zero-order valence-electron chi connectivity index (χ0n) is 16.8. The highest BCUT2D eigenvalue weighted by Gasteiger charge is 2.57. The smallest absolute Gasteiger partial charge is 0.343 e. The minimum atomic E-state index is -1.04. The van der Waals surface area contributed by atoms with E-state index in [9.17, 15) is 9.59 Å². The Kier molecular flexibility index (Phi) is 4.78. The molecule has 0 fully saturated rings. The fourth-order valence-corrected chi connectivity index (χ4v) is 4.99. The summed E-state index contributed by atoms with van der Waals surface area (Å²) in [5.74, 6) is -0.612. The van der Waals surface area contributed by atoms with Crippen LogP contribution in [0.2, 0.25) is 0 Å². The summed E-state index contributed by atoms with van der Waals surface area (Å²) in [7, 11) is 0. The summed E-state index contributed by atoms with van der Waals surface area (Å²) in [5, 5.41) is 0. The van der Waals surface area contributed by atoms with Crippen LogP contribution < -0.4 is 4.74 Å². The molecule has 2 heterocycles. The van der Waals surface area contributed by atoms with Gasteiger partial charge in [0.05, 0.1) is 5.57 Å². The van der Waals surface area contributed by atoms with Gasteiger partial charge in [0.15, 0.2) is 0 Å². The number of carbonyl (C=O) groups excluding carboxylic acids is 2. The van der Waals surface area contributed by atoms with Crippen LogP contribution in [0.15, 0.2) is 88.9 Å². The van der Waals surface area contributed by atoms with E-state index in [1.165, 1.54) is 0 Å². The number of hydrogen-bond donors (Lipinski definition) is 0. The van der Waals surface area contributed by atoms with E-state index in [2.05, 4.69) is 15.9 Å². The molecule has 0 unspecified atom stereocenters. The molecule has 0 amide bonds. The molecule has 2 atom stereocenters. The van der Waals surface area contributed by atoms with Crippen LogP contribution in [0.4, 0.5) is 0 Å². The van der Waals surface area contributed by atoms with Crippen molar-refractivity contribution < 1.29 is 19.1 Å². The Balaban J connectivity index is 1.85. The van der Waals surface area contributed by atoms with E-state index in [1.54, 1.807) is 6.07 Å². The van der Waals surface area contributed by atoms with Crippen LogP contribution in [0, 0.1) is 0 Å². The van der Waals surface area contributed by atoms with Crippen LogP contribution >= 0.6 is 15.9 Å². The van der Waals surface area contributed by atoms with Crippen molar-refractivity contribution in [1.82, 2.24) is 0 Å². The van der Waals surface area contributed by atoms with Gasteiger partial charge < -0.3 is 9.47 Å². The molecule has 31 heavy (non-hydrogen) atoms. The van der Waals surface area contributed by atoms with Crippen molar-refractivity contribution in [2.24, 2.45) is 0 Å². The SMILES string of the molecule is CC[C@]1(c2ccccc2)C(=O)OC(c2ccc(Br)cc2)=C2C(=O)Oc3ccccc3[C@H]21. The van der Waals surface area contributed by atoms with E-state index in [0.717, 1.165) is 15.6 Å². The quantitative estimate of drug-likeness (QED) is 0.357. The Morgan fingerprint density at radius 3 is 2.26 bits per heavy atom. The average Bonchev–Trinajstić information content (AvgIpc) is 2.80. The molecule has 2 aliphatic heterocycles. The van der Waals surface area contributed by atoms with Crippen LogP contribution in [0.5, 0.6) is 5.75 Å². The first kappa shape index (κ1) is 19.8. The maximum atomic E-state index is 13.8. The Hall–Kier alpha value is -3.18. The van der Waals surface area contributed by atoms with Crippen LogP contribution in [-0.2, 0) is 19.7 Å². The second kappa shape index (κ2) is 7.50. The maximum absolute atomic E-state index is 13.8. The van der Waals surface area contributed by atoms with Gasteiger partial charge >= 0.3 is 11.9 Å². The van der Waals surface area contributed by atoms with Crippen LogP contribution in [0.3, 0.4) is 0 Å². The maximum Gasteiger partial charge on any atom is 0.343 e. The molecule has 0 saturated heterocycles. The molecule has 2 aliphatic rings. The van der Waals surface area contributed by atoms with E-state index in [1.807, 2.05) is 79.7 Å². The van der Waals surface area contributed by atoms with Crippen molar-refractivity contribution in [1.29, 1.82) is 0 Å². The minimum absolute atomic E-state index is 0.266. The lowest BCUT2D eigenvalue weighted by Gasteiger charge is -2.45. The lowest BCUT2D eigenvalue weighted by Crippen LogP contribution is -2.49. The number of rotatable bonds is 3. The molecule has 0 aromatic heterocycles. The molecule has 3 aromatic rings. The standard InChI is InChI=1S/C26H19BrO4/c1-2-26(17-8-4-3-5-9-17)22-19-10-6-7-11-20(19)30-24(28)21(22)23(31-25(26)29)16-12-14-18(27)15-13-16/h3-15,22H,2H2,1H3/t22-,26-/m1/s1. The second-order valence-corrected chi connectivity index (χ2v) is 8.61. The third kappa shape index (κ3) is 2.95. The number of para-hydroxylation sites is 1. The van der Waals surface area contributed by atoms with Crippen molar-refractivity contribution in [3.8, 4) is 5.75 Å². The van der Waals surface area contributed by atoms with Crippen molar-refractivity contribution in [2.75, 3.05) is 0 Å². The normalized spacial score (nSPS) is 22.3. The van der Waals surface area contributed by atoms with Crippen LogP contribution in [0.25, 0.3) is 5.76 Å².